The zero-order valence-electron chi connectivity index (χ0n) is 17.8. The van der Waals surface area contributed by atoms with Crippen LogP contribution in [0, 0.1) is 5.92 Å². The monoisotopic (exact) mass is 486 g/mol. The van der Waals surface area contributed by atoms with Crippen LogP contribution in [0.5, 0.6) is 0 Å². The minimum absolute atomic E-state index is 0. The third kappa shape index (κ3) is 15.0. The number of rotatable bonds is 15. The Morgan fingerprint density at radius 1 is 1.04 bits per heavy atom. The van der Waals surface area contributed by atoms with E-state index in [0.717, 1.165) is 51.7 Å². The lowest BCUT2D eigenvalue weighted by Crippen LogP contribution is -2.41. The first-order chi connectivity index (χ1) is 12.1. The normalized spacial score (nSPS) is 13.0. The highest BCUT2D eigenvalue weighted by molar-refractivity contribution is 14.0. The molecular weight excluding hydrogens is 443 g/mol. The average Bonchev–Trinajstić information content (AvgIpc) is 2.58. The van der Waals surface area contributed by atoms with E-state index in [1.165, 1.54) is 6.42 Å². The maximum Gasteiger partial charge on any atom is 0.191 e. The second kappa shape index (κ2) is 19.6. The average molecular weight is 486 g/mol. The summed E-state index contributed by atoms with van der Waals surface area (Å²) in [6.45, 7) is 17.9. The summed E-state index contributed by atoms with van der Waals surface area (Å²) in [5.74, 6) is 1.58. The number of likely N-dealkylation sites (N-methyl/N-ethyl adjacent to an activating group) is 1. The van der Waals surface area contributed by atoms with Gasteiger partial charge in [0.1, 0.15) is 0 Å². The van der Waals surface area contributed by atoms with Crippen LogP contribution in [0.2, 0.25) is 0 Å². The second-order valence-electron chi connectivity index (χ2n) is 6.61. The standard InChI is InChI=1S/C19H42N4O2.HI/c1-7-20-19(21-11-10-12-25-14-13-24-6)22-16-18(15-17(4)5)23(8-2)9-3;/h17-18H,7-16H2,1-6H3,(H2,20,21,22);1H. The Morgan fingerprint density at radius 2 is 1.73 bits per heavy atom. The molecule has 158 valence electrons. The number of hydrogen-bond donors (Lipinski definition) is 2. The molecule has 0 aliphatic heterocycles. The van der Waals surface area contributed by atoms with Crippen molar-refractivity contribution in [3.8, 4) is 0 Å². The molecule has 0 aliphatic carbocycles. The van der Waals surface area contributed by atoms with Crippen LogP contribution < -0.4 is 10.6 Å². The third-order valence-electron chi connectivity index (χ3n) is 4.07. The number of nitrogens with zero attached hydrogens (tertiary/aromatic N) is 2. The quantitative estimate of drug-likeness (QED) is 0.161. The largest absolute Gasteiger partial charge is 0.382 e. The Hall–Kier alpha value is -0.120. The molecule has 0 rings (SSSR count). The molecule has 1 atom stereocenters. The number of guanidine groups is 1. The highest BCUT2D eigenvalue weighted by Crippen LogP contribution is 2.12. The number of ether oxygens (including phenoxy) is 2. The fraction of sp³-hybridized carbons (Fsp3) is 0.947. The van der Waals surface area contributed by atoms with Gasteiger partial charge in [-0.05, 0) is 38.8 Å². The molecule has 0 saturated carbocycles. The maximum atomic E-state index is 5.49. The van der Waals surface area contributed by atoms with Crippen molar-refractivity contribution in [1.29, 1.82) is 0 Å². The van der Waals surface area contributed by atoms with Crippen LogP contribution >= 0.6 is 24.0 Å². The molecule has 0 bridgehead atoms. The molecule has 7 heteroatoms. The van der Waals surface area contributed by atoms with Crippen LogP contribution in [0.3, 0.4) is 0 Å². The minimum atomic E-state index is 0. The van der Waals surface area contributed by atoms with E-state index >= 15 is 0 Å². The van der Waals surface area contributed by atoms with Gasteiger partial charge < -0.3 is 20.1 Å². The van der Waals surface area contributed by atoms with Crippen molar-refractivity contribution in [2.45, 2.75) is 53.5 Å². The molecule has 0 fully saturated rings. The lowest BCUT2D eigenvalue weighted by molar-refractivity contribution is 0.0698. The molecule has 0 aromatic carbocycles. The van der Waals surface area contributed by atoms with Crippen LogP contribution in [0.1, 0.15) is 47.5 Å². The molecule has 0 aromatic heterocycles. The van der Waals surface area contributed by atoms with E-state index in [1.807, 2.05) is 0 Å². The Kier molecular flexibility index (Phi) is 21.2. The van der Waals surface area contributed by atoms with Gasteiger partial charge in [0.25, 0.3) is 0 Å². The van der Waals surface area contributed by atoms with Gasteiger partial charge in [0.05, 0.1) is 19.8 Å². The number of halogens is 1. The van der Waals surface area contributed by atoms with Crippen molar-refractivity contribution < 1.29 is 9.47 Å². The number of hydrogen-bond acceptors (Lipinski definition) is 4. The topological polar surface area (TPSA) is 58.1 Å². The van der Waals surface area contributed by atoms with Gasteiger partial charge >= 0.3 is 0 Å². The highest BCUT2D eigenvalue weighted by Gasteiger charge is 2.17. The number of aliphatic imine (C=N–C) groups is 1. The van der Waals surface area contributed by atoms with Gasteiger partial charge in [-0.15, -0.1) is 24.0 Å². The van der Waals surface area contributed by atoms with Gasteiger partial charge in [-0.25, -0.2) is 0 Å². The molecule has 0 spiro atoms. The van der Waals surface area contributed by atoms with Crippen LogP contribution in [0.15, 0.2) is 4.99 Å². The van der Waals surface area contributed by atoms with E-state index in [-0.39, 0.29) is 24.0 Å². The van der Waals surface area contributed by atoms with Crippen molar-refractivity contribution in [3.63, 3.8) is 0 Å². The van der Waals surface area contributed by atoms with Crippen molar-refractivity contribution in [3.05, 3.63) is 0 Å². The van der Waals surface area contributed by atoms with Crippen molar-refractivity contribution >= 4 is 29.9 Å². The Bertz CT molecular complexity index is 327. The van der Waals surface area contributed by atoms with Gasteiger partial charge in [-0.3, -0.25) is 9.89 Å². The molecule has 1 unspecified atom stereocenters. The summed E-state index contributed by atoms with van der Waals surface area (Å²) in [5.41, 5.74) is 0. The summed E-state index contributed by atoms with van der Waals surface area (Å²) in [4.78, 5) is 7.33. The zero-order valence-corrected chi connectivity index (χ0v) is 20.2. The van der Waals surface area contributed by atoms with E-state index in [2.05, 4.69) is 50.2 Å². The summed E-state index contributed by atoms with van der Waals surface area (Å²) in [6.07, 6.45) is 2.14. The van der Waals surface area contributed by atoms with E-state index in [0.29, 0.717) is 25.2 Å². The fourth-order valence-corrected chi connectivity index (χ4v) is 2.79. The lowest BCUT2D eigenvalue weighted by atomic mass is 10.0. The first-order valence-electron chi connectivity index (χ1n) is 9.91. The van der Waals surface area contributed by atoms with Gasteiger partial charge in [0.2, 0.25) is 0 Å². The Balaban J connectivity index is 0. The molecular formula is C19H43IN4O2. The second-order valence-corrected chi connectivity index (χ2v) is 6.61. The van der Waals surface area contributed by atoms with Crippen molar-refractivity contribution in [1.82, 2.24) is 15.5 Å². The fourth-order valence-electron chi connectivity index (χ4n) is 2.79. The van der Waals surface area contributed by atoms with Crippen molar-refractivity contribution in [2.24, 2.45) is 10.9 Å². The van der Waals surface area contributed by atoms with Crippen LogP contribution in [0.4, 0.5) is 0 Å². The highest BCUT2D eigenvalue weighted by atomic mass is 127. The molecule has 0 saturated heterocycles. The van der Waals surface area contributed by atoms with E-state index in [1.54, 1.807) is 7.11 Å². The van der Waals surface area contributed by atoms with Gasteiger partial charge in [0, 0.05) is 32.8 Å². The summed E-state index contributed by atoms with van der Waals surface area (Å²) in [5, 5.41) is 6.74. The van der Waals surface area contributed by atoms with Gasteiger partial charge in [0.15, 0.2) is 5.96 Å². The van der Waals surface area contributed by atoms with Crippen LogP contribution in [-0.4, -0.2) is 76.6 Å². The summed E-state index contributed by atoms with van der Waals surface area (Å²) in [6, 6.07) is 0.503. The Labute approximate surface area is 178 Å². The SMILES string of the molecule is CCNC(=NCC(CC(C)C)N(CC)CC)NCCCOCCOC.I. The van der Waals surface area contributed by atoms with E-state index in [9.17, 15) is 0 Å². The first-order valence-corrected chi connectivity index (χ1v) is 9.91. The molecule has 0 radical (unpaired) electrons. The van der Waals surface area contributed by atoms with Crippen molar-refractivity contribution in [2.75, 3.05) is 59.7 Å². The lowest BCUT2D eigenvalue weighted by Gasteiger charge is -2.30. The molecule has 26 heavy (non-hydrogen) atoms. The third-order valence-corrected chi connectivity index (χ3v) is 4.07. The minimum Gasteiger partial charge on any atom is -0.382 e. The van der Waals surface area contributed by atoms with E-state index in [4.69, 9.17) is 14.5 Å². The molecule has 2 N–H and O–H groups in total. The summed E-state index contributed by atoms with van der Waals surface area (Å²) in [7, 11) is 1.69. The molecule has 0 amide bonds. The van der Waals surface area contributed by atoms with Gasteiger partial charge in [-0.1, -0.05) is 27.7 Å². The number of methoxy groups -OCH3 is 1. The summed E-state index contributed by atoms with van der Waals surface area (Å²) >= 11 is 0. The smallest absolute Gasteiger partial charge is 0.191 e. The molecule has 0 aromatic rings. The number of nitrogens with one attached hydrogen (secondary N) is 2. The first kappa shape index (κ1) is 28.1. The molecule has 0 heterocycles. The molecule has 6 nitrogen and oxygen atoms in total. The Morgan fingerprint density at radius 3 is 2.27 bits per heavy atom. The zero-order chi connectivity index (χ0) is 18.9. The van der Waals surface area contributed by atoms with Crippen LogP contribution in [-0.2, 0) is 9.47 Å². The molecule has 0 aliphatic rings. The maximum absolute atomic E-state index is 5.49. The van der Waals surface area contributed by atoms with Crippen LogP contribution in [0.25, 0.3) is 0 Å². The van der Waals surface area contributed by atoms with E-state index < -0.39 is 0 Å². The predicted octanol–water partition coefficient (Wildman–Crippen LogP) is 2.97. The van der Waals surface area contributed by atoms with Gasteiger partial charge in [-0.2, -0.15) is 0 Å². The summed E-state index contributed by atoms with van der Waals surface area (Å²) < 4.78 is 10.5. The predicted molar refractivity (Wildman–Crippen MR) is 123 cm³/mol.